The Labute approximate surface area is 97.9 Å². The second kappa shape index (κ2) is 3.55. The zero-order valence-corrected chi connectivity index (χ0v) is 9.33. The number of anilines is 1. The molecule has 0 radical (unpaired) electrons. The number of fused-ring (bicyclic) bond motifs is 1. The van der Waals surface area contributed by atoms with Crippen molar-refractivity contribution < 1.29 is 0 Å². The van der Waals surface area contributed by atoms with E-state index in [1.165, 1.54) is 0 Å². The predicted molar refractivity (Wildman–Crippen MR) is 65.4 cm³/mol. The fourth-order valence-corrected chi connectivity index (χ4v) is 1.78. The molecule has 0 saturated carbocycles. The van der Waals surface area contributed by atoms with E-state index in [4.69, 9.17) is 5.73 Å². The van der Waals surface area contributed by atoms with E-state index in [0.29, 0.717) is 5.69 Å². The lowest BCUT2D eigenvalue weighted by molar-refractivity contribution is 1.10. The smallest absolute Gasteiger partial charge is 0.169 e. The van der Waals surface area contributed by atoms with Gasteiger partial charge >= 0.3 is 0 Å². The highest BCUT2D eigenvalue weighted by molar-refractivity contribution is 5.60. The molecule has 5 heteroatoms. The van der Waals surface area contributed by atoms with E-state index in [0.717, 1.165) is 22.6 Å². The van der Waals surface area contributed by atoms with Crippen molar-refractivity contribution in [2.45, 2.75) is 6.92 Å². The lowest BCUT2D eigenvalue weighted by atomic mass is 10.2. The van der Waals surface area contributed by atoms with Crippen LogP contribution in [-0.2, 0) is 0 Å². The molecule has 17 heavy (non-hydrogen) atoms. The number of pyridine rings is 2. The fourth-order valence-electron chi connectivity index (χ4n) is 1.78. The second-order valence-electron chi connectivity index (χ2n) is 3.97. The van der Waals surface area contributed by atoms with E-state index < -0.39 is 0 Å². The molecule has 0 amide bonds. The quantitative estimate of drug-likeness (QED) is 0.684. The van der Waals surface area contributed by atoms with Crippen LogP contribution in [-0.4, -0.2) is 19.6 Å². The molecule has 0 aliphatic rings. The van der Waals surface area contributed by atoms with E-state index in [-0.39, 0.29) is 0 Å². The van der Waals surface area contributed by atoms with Crippen LogP contribution in [0.2, 0.25) is 0 Å². The van der Waals surface area contributed by atoms with Crippen LogP contribution < -0.4 is 5.73 Å². The molecule has 3 heterocycles. The highest BCUT2D eigenvalue weighted by Gasteiger charge is 2.08. The van der Waals surface area contributed by atoms with Gasteiger partial charge in [-0.2, -0.15) is 0 Å². The van der Waals surface area contributed by atoms with Crippen LogP contribution in [0.15, 0.2) is 36.8 Å². The minimum absolute atomic E-state index is 0.680. The number of nitrogen functional groups attached to an aromatic ring is 1. The summed E-state index contributed by atoms with van der Waals surface area (Å²) in [6, 6.07) is 5.67. The molecule has 3 aromatic heterocycles. The van der Waals surface area contributed by atoms with Gasteiger partial charge in [0.2, 0.25) is 0 Å². The Hall–Kier alpha value is -2.43. The predicted octanol–water partition coefficient (Wildman–Crippen LogP) is 1.68. The molecule has 0 atom stereocenters. The Morgan fingerprint density at radius 2 is 2.06 bits per heavy atom. The fraction of sp³-hybridized carbons (Fsp3) is 0.0833. The maximum Gasteiger partial charge on any atom is 0.169 e. The number of nitrogens with two attached hydrogens (primary N) is 1. The van der Waals surface area contributed by atoms with E-state index in [2.05, 4.69) is 15.2 Å². The van der Waals surface area contributed by atoms with Gasteiger partial charge in [0.1, 0.15) is 0 Å². The Kier molecular flexibility index (Phi) is 2.04. The highest BCUT2D eigenvalue weighted by Crippen LogP contribution is 2.19. The van der Waals surface area contributed by atoms with Gasteiger partial charge in [0, 0.05) is 29.8 Å². The average molecular weight is 225 g/mol. The van der Waals surface area contributed by atoms with Crippen molar-refractivity contribution in [2.24, 2.45) is 0 Å². The van der Waals surface area contributed by atoms with Crippen molar-refractivity contribution in [3.05, 3.63) is 42.4 Å². The topological polar surface area (TPSA) is 69.1 Å². The van der Waals surface area contributed by atoms with Crippen molar-refractivity contribution in [1.29, 1.82) is 0 Å². The number of aromatic nitrogens is 4. The lowest BCUT2D eigenvalue weighted by Gasteiger charge is -2.01. The molecule has 3 aromatic rings. The van der Waals surface area contributed by atoms with E-state index in [9.17, 15) is 0 Å². The van der Waals surface area contributed by atoms with Gasteiger partial charge in [-0.1, -0.05) is 0 Å². The standard InChI is InChI=1S/C12H11N5/c1-8-4-9(6-14-5-8)12-16-15-11-3-2-10(13)7-17(11)12/h2-7H,13H2,1H3. The summed E-state index contributed by atoms with van der Waals surface area (Å²) in [5, 5.41) is 8.26. The highest BCUT2D eigenvalue weighted by atomic mass is 15.2. The number of aryl methyl sites for hydroxylation is 1. The van der Waals surface area contributed by atoms with Crippen LogP contribution in [0.1, 0.15) is 5.56 Å². The molecular weight excluding hydrogens is 214 g/mol. The summed E-state index contributed by atoms with van der Waals surface area (Å²) in [4.78, 5) is 4.16. The minimum atomic E-state index is 0.680. The van der Waals surface area contributed by atoms with Crippen molar-refractivity contribution in [2.75, 3.05) is 5.73 Å². The molecule has 0 fully saturated rings. The summed E-state index contributed by atoms with van der Waals surface area (Å²) in [6.45, 7) is 1.99. The largest absolute Gasteiger partial charge is 0.398 e. The second-order valence-corrected chi connectivity index (χ2v) is 3.97. The third kappa shape index (κ3) is 1.61. The van der Waals surface area contributed by atoms with Gasteiger partial charge < -0.3 is 5.73 Å². The third-order valence-corrected chi connectivity index (χ3v) is 2.56. The summed E-state index contributed by atoms with van der Waals surface area (Å²) in [6.07, 6.45) is 5.39. The van der Waals surface area contributed by atoms with Crippen LogP contribution in [0, 0.1) is 6.92 Å². The van der Waals surface area contributed by atoms with Gasteiger partial charge in [0.25, 0.3) is 0 Å². The first-order chi connectivity index (χ1) is 8.24. The molecule has 0 unspecified atom stereocenters. The molecule has 5 nitrogen and oxygen atoms in total. The Bertz CT molecular complexity index is 686. The molecule has 0 bridgehead atoms. The van der Waals surface area contributed by atoms with E-state index in [1.807, 2.05) is 35.7 Å². The molecule has 0 aliphatic heterocycles. The minimum Gasteiger partial charge on any atom is -0.398 e. The van der Waals surface area contributed by atoms with Gasteiger partial charge in [-0.15, -0.1) is 10.2 Å². The molecule has 2 N–H and O–H groups in total. The molecule has 0 saturated heterocycles. The van der Waals surface area contributed by atoms with Crippen molar-refractivity contribution in [1.82, 2.24) is 19.6 Å². The van der Waals surface area contributed by atoms with Crippen molar-refractivity contribution in [3.8, 4) is 11.4 Å². The van der Waals surface area contributed by atoms with Gasteiger partial charge in [0.05, 0.1) is 0 Å². The summed E-state index contributed by atoms with van der Waals surface area (Å²) in [5.74, 6) is 0.753. The van der Waals surface area contributed by atoms with Crippen LogP contribution in [0.4, 0.5) is 5.69 Å². The van der Waals surface area contributed by atoms with Crippen molar-refractivity contribution in [3.63, 3.8) is 0 Å². The van der Waals surface area contributed by atoms with Gasteiger partial charge in [-0.05, 0) is 30.7 Å². The third-order valence-electron chi connectivity index (χ3n) is 2.56. The maximum absolute atomic E-state index is 5.77. The molecule has 0 aromatic carbocycles. The summed E-state index contributed by atoms with van der Waals surface area (Å²) in [7, 11) is 0. The SMILES string of the molecule is Cc1cncc(-c2nnc3ccc(N)cn23)c1. The first-order valence-electron chi connectivity index (χ1n) is 5.26. The van der Waals surface area contributed by atoms with Crippen molar-refractivity contribution >= 4 is 11.3 Å². The number of nitrogens with zero attached hydrogens (tertiary/aromatic N) is 4. The van der Waals surface area contributed by atoms with Gasteiger partial charge in [-0.3, -0.25) is 9.38 Å². The molecule has 3 rings (SSSR count). The monoisotopic (exact) mass is 225 g/mol. The number of hydrogen-bond donors (Lipinski definition) is 1. The number of rotatable bonds is 1. The van der Waals surface area contributed by atoms with Crippen LogP contribution in [0.25, 0.3) is 17.0 Å². The Morgan fingerprint density at radius 3 is 2.88 bits per heavy atom. The first kappa shape index (κ1) is 9.77. The van der Waals surface area contributed by atoms with Crippen LogP contribution in [0.5, 0.6) is 0 Å². The summed E-state index contributed by atoms with van der Waals surface area (Å²) in [5.41, 5.74) is 9.24. The number of hydrogen-bond acceptors (Lipinski definition) is 4. The Balaban J connectivity index is 2.27. The maximum atomic E-state index is 5.77. The van der Waals surface area contributed by atoms with Gasteiger partial charge in [0.15, 0.2) is 11.5 Å². The molecule has 0 spiro atoms. The van der Waals surface area contributed by atoms with Gasteiger partial charge in [-0.25, -0.2) is 0 Å². The molecule has 0 aliphatic carbocycles. The summed E-state index contributed by atoms with van der Waals surface area (Å²) >= 11 is 0. The van der Waals surface area contributed by atoms with E-state index >= 15 is 0 Å². The zero-order valence-electron chi connectivity index (χ0n) is 9.33. The summed E-state index contributed by atoms with van der Waals surface area (Å²) < 4.78 is 1.87. The first-order valence-corrected chi connectivity index (χ1v) is 5.26. The van der Waals surface area contributed by atoms with E-state index in [1.54, 1.807) is 12.4 Å². The normalized spacial score (nSPS) is 10.9. The van der Waals surface area contributed by atoms with Crippen LogP contribution in [0.3, 0.4) is 0 Å². The zero-order chi connectivity index (χ0) is 11.8. The average Bonchev–Trinajstić information content (AvgIpc) is 2.71. The Morgan fingerprint density at radius 1 is 1.18 bits per heavy atom. The molecule has 84 valence electrons. The molecular formula is C12H11N5. The lowest BCUT2D eigenvalue weighted by Crippen LogP contribution is -1.93. The van der Waals surface area contributed by atoms with Crippen LogP contribution >= 0.6 is 0 Å².